The summed E-state index contributed by atoms with van der Waals surface area (Å²) in [5, 5.41) is 24.8. The van der Waals surface area contributed by atoms with E-state index in [1.54, 1.807) is 6.07 Å². The maximum Gasteiger partial charge on any atom is 0.573 e. The van der Waals surface area contributed by atoms with Crippen LogP contribution in [0.5, 0.6) is 5.75 Å². The average Bonchev–Trinajstić information content (AvgIpc) is 2.94. The van der Waals surface area contributed by atoms with Crippen molar-refractivity contribution < 1.29 is 32.3 Å². The number of alkyl halides is 3. The van der Waals surface area contributed by atoms with Crippen molar-refractivity contribution in [2.75, 3.05) is 5.32 Å². The number of benzene rings is 1. The van der Waals surface area contributed by atoms with Crippen LogP contribution in [0.4, 0.5) is 18.9 Å². The summed E-state index contributed by atoms with van der Waals surface area (Å²) in [5.74, 6) is -1.85. The predicted molar refractivity (Wildman–Crippen MR) is 78.2 cm³/mol. The van der Waals surface area contributed by atoms with Crippen LogP contribution >= 0.6 is 0 Å². The number of hydrogen-bond donors (Lipinski definition) is 2. The Morgan fingerprint density at radius 3 is 2.48 bits per heavy atom. The molecule has 0 saturated carbocycles. The zero-order valence-electron chi connectivity index (χ0n) is 12.6. The highest BCUT2D eigenvalue weighted by Gasteiger charge is 2.31. The fourth-order valence-corrected chi connectivity index (χ4v) is 1.81. The number of aliphatic hydroxyl groups excluding tert-OH is 1. The molecule has 1 heterocycles. The van der Waals surface area contributed by atoms with Crippen LogP contribution in [-0.4, -0.2) is 22.5 Å². The van der Waals surface area contributed by atoms with E-state index in [2.05, 4.69) is 15.2 Å². The second kappa shape index (κ2) is 6.96. The van der Waals surface area contributed by atoms with E-state index in [0.29, 0.717) is 0 Å². The molecule has 0 aliphatic heterocycles. The molecular formula is C15H10F3N3O4. The Morgan fingerprint density at radius 2 is 2.00 bits per heavy atom. The lowest BCUT2D eigenvalue weighted by molar-refractivity contribution is -0.274. The van der Waals surface area contributed by atoms with Crippen LogP contribution in [-0.2, 0) is 4.79 Å². The van der Waals surface area contributed by atoms with Gasteiger partial charge in [-0.15, -0.1) is 13.2 Å². The SMILES string of the molecule is Cc1oncc1/C(O)=C(\C#N)C(=O)Nc1ccc(OC(F)(F)F)cc1. The Hall–Kier alpha value is -3.48. The minimum Gasteiger partial charge on any atom is -0.506 e. The number of rotatable bonds is 4. The first-order chi connectivity index (χ1) is 11.7. The minimum atomic E-state index is -4.83. The third kappa shape index (κ3) is 4.51. The third-order valence-corrected chi connectivity index (χ3v) is 2.93. The van der Waals surface area contributed by atoms with Gasteiger partial charge in [-0.2, -0.15) is 5.26 Å². The van der Waals surface area contributed by atoms with E-state index in [9.17, 15) is 23.1 Å². The van der Waals surface area contributed by atoms with Gasteiger partial charge in [0.05, 0.1) is 11.8 Å². The highest BCUT2D eigenvalue weighted by molar-refractivity contribution is 6.11. The molecule has 0 radical (unpaired) electrons. The number of halogens is 3. The molecule has 0 atom stereocenters. The number of nitrogens with zero attached hydrogens (tertiary/aromatic N) is 2. The van der Waals surface area contributed by atoms with Gasteiger partial charge in [-0.05, 0) is 31.2 Å². The molecule has 1 aromatic carbocycles. The van der Waals surface area contributed by atoms with Gasteiger partial charge in [-0.3, -0.25) is 4.79 Å². The summed E-state index contributed by atoms with van der Waals surface area (Å²) in [6.07, 6.45) is -3.69. The molecule has 2 aromatic rings. The van der Waals surface area contributed by atoms with Crippen LogP contribution in [0.2, 0.25) is 0 Å². The fourth-order valence-electron chi connectivity index (χ4n) is 1.81. The summed E-state index contributed by atoms with van der Waals surface area (Å²) < 4.78 is 44.7. The van der Waals surface area contributed by atoms with Crippen molar-refractivity contribution in [1.29, 1.82) is 5.26 Å². The molecule has 0 aliphatic carbocycles. The van der Waals surface area contributed by atoms with Crippen LogP contribution in [0.1, 0.15) is 11.3 Å². The number of nitrogens with one attached hydrogen (secondary N) is 1. The van der Waals surface area contributed by atoms with Gasteiger partial charge in [0, 0.05) is 5.69 Å². The molecule has 25 heavy (non-hydrogen) atoms. The maximum absolute atomic E-state index is 12.1. The molecule has 0 bridgehead atoms. The van der Waals surface area contributed by atoms with Gasteiger partial charge >= 0.3 is 6.36 Å². The van der Waals surface area contributed by atoms with Crippen molar-refractivity contribution in [3.8, 4) is 11.8 Å². The van der Waals surface area contributed by atoms with E-state index in [4.69, 9.17) is 9.78 Å². The summed E-state index contributed by atoms with van der Waals surface area (Å²) in [4.78, 5) is 12.1. The molecule has 1 aromatic heterocycles. The topological polar surface area (TPSA) is 108 Å². The summed E-state index contributed by atoms with van der Waals surface area (Å²) >= 11 is 0. The minimum absolute atomic E-state index is 0.0700. The van der Waals surface area contributed by atoms with Crippen molar-refractivity contribution in [3.05, 3.63) is 47.4 Å². The Kier molecular flexibility index (Phi) is 4.97. The lowest BCUT2D eigenvalue weighted by Gasteiger charge is -2.10. The molecule has 0 spiro atoms. The lowest BCUT2D eigenvalue weighted by Crippen LogP contribution is -2.17. The lowest BCUT2D eigenvalue weighted by atomic mass is 10.1. The average molecular weight is 353 g/mol. The second-order valence-electron chi connectivity index (χ2n) is 4.66. The van der Waals surface area contributed by atoms with Crippen LogP contribution in [0, 0.1) is 18.3 Å². The van der Waals surface area contributed by atoms with Crippen molar-refractivity contribution >= 4 is 17.4 Å². The molecule has 0 aliphatic rings. The first-order valence-corrected chi connectivity index (χ1v) is 6.63. The molecule has 0 saturated heterocycles. The quantitative estimate of drug-likeness (QED) is 0.496. The highest BCUT2D eigenvalue weighted by atomic mass is 19.4. The molecule has 7 nitrogen and oxygen atoms in total. The zero-order chi connectivity index (χ0) is 18.6. The van der Waals surface area contributed by atoms with Crippen molar-refractivity contribution in [2.24, 2.45) is 0 Å². The molecule has 2 rings (SSSR count). The molecule has 130 valence electrons. The van der Waals surface area contributed by atoms with E-state index in [0.717, 1.165) is 30.5 Å². The standard InChI is InChI=1S/C15H10F3N3O4/c1-8-12(7-20-25-8)13(22)11(6-19)14(23)21-9-2-4-10(5-3-9)24-15(16,17)18/h2-5,7,22H,1H3,(H,21,23)/b13-11-. The van der Waals surface area contributed by atoms with Gasteiger partial charge in [-0.1, -0.05) is 5.16 Å². The van der Waals surface area contributed by atoms with Crippen molar-refractivity contribution in [1.82, 2.24) is 5.16 Å². The molecule has 0 fully saturated rings. The van der Waals surface area contributed by atoms with Gasteiger partial charge < -0.3 is 19.7 Å². The van der Waals surface area contributed by atoms with Gasteiger partial charge in [0.25, 0.3) is 5.91 Å². The number of carbonyl (C=O) groups excluding carboxylic acids is 1. The summed E-state index contributed by atoms with van der Waals surface area (Å²) in [7, 11) is 0. The van der Waals surface area contributed by atoms with E-state index in [1.165, 1.54) is 6.92 Å². The Labute approximate surface area is 138 Å². The number of aromatic nitrogens is 1. The number of nitriles is 1. The first-order valence-electron chi connectivity index (χ1n) is 6.63. The Balaban J connectivity index is 2.18. The van der Waals surface area contributed by atoms with Crippen LogP contribution < -0.4 is 10.1 Å². The summed E-state index contributed by atoms with van der Waals surface area (Å²) in [5.41, 5.74) is -0.440. The molecule has 10 heteroatoms. The van der Waals surface area contributed by atoms with E-state index in [-0.39, 0.29) is 17.0 Å². The van der Waals surface area contributed by atoms with Crippen molar-refractivity contribution in [2.45, 2.75) is 13.3 Å². The van der Waals surface area contributed by atoms with E-state index in [1.807, 2.05) is 0 Å². The molecular weight excluding hydrogens is 343 g/mol. The Morgan fingerprint density at radius 1 is 1.36 bits per heavy atom. The highest BCUT2D eigenvalue weighted by Crippen LogP contribution is 2.25. The molecule has 0 unspecified atom stereocenters. The van der Waals surface area contributed by atoms with Gasteiger partial charge in [-0.25, -0.2) is 0 Å². The number of carbonyl (C=O) groups is 1. The Bertz CT molecular complexity index is 848. The smallest absolute Gasteiger partial charge is 0.506 e. The first kappa shape index (κ1) is 17.9. The molecule has 2 N–H and O–H groups in total. The summed E-state index contributed by atoms with van der Waals surface area (Å²) in [6.45, 7) is 1.48. The third-order valence-electron chi connectivity index (χ3n) is 2.93. The van der Waals surface area contributed by atoms with E-state index < -0.39 is 29.4 Å². The number of amides is 1. The van der Waals surface area contributed by atoms with Gasteiger partial charge in [0.15, 0.2) is 11.3 Å². The molecule has 1 amide bonds. The van der Waals surface area contributed by atoms with Crippen LogP contribution in [0.3, 0.4) is 0 Å². The fraction of sp³-hybridized carbons (Fsp3) is 0.133. The number of ether oxygens (including phenoxy) is 1. The summed E-state index contributed by atoms with van der Waals surface area (Å²) in [6, 6.07) is 5.83. The van der Waals surface area contributed by atoms with Crippen LogP contribution in [0.15, 0.2) is 40.6 Å². The number of anilines is 1. The zero-order valence-corrected chi connectivity index (χ0v) is 12.6. The second-order valence-corrected chi connectivity index (χ2v) is 4.66. The number of aliphatic hydroxyl groups is 1. The van der Waals surface area contributed by atoms with Crippen LogP contribution in [0.25, 0.3) is 5.76 Å². The number of hydrogen-bond acceptors (Lipinski definition) is 6. The number of aryl methyl sites for hydroxylation is 1. The largest absolute Gasteiger partial charge is 0.573 e. The van der Waals surface area contributed by atoms with Gasteiger partial charge in [0.2, 0.25) is 0 Å². The van der Waals surface area contributed by atoms with E-state index >= 15 is 0 Å². The predicted octanol–water partition coefficient (Wildman–Crippen LogP) is 3.31. The van der Waals surface area contributed by atoms with Gasteiger partial charge in [0.1, 0.15) is 17.6 Å². The van der Waals surface area contributed by atoms with Crippen molar-refractivity contribution in [3.63, 3.8) is 0 Å². The monoisotopic (exact) mass is 353 g/mol. The maximum atomic E-state index is 12.1. The normalized spacial score (nSPS) is 12.1.